The number of carbonyl (C=O) groups excluding carboxylic acids is 4. The van der Waals surface area contributed by atoms with Gasteiger partial charge in [0.2, 0.25) is 0 Å². The summed E-state index contributed by atoms with van der Waals surface area (Å²) >= 11 is 0. The van der Waals surface area contributed by atoms with Crippen LogP contribution in [-0.4, -0.2) is 110 Å². The fourth-order valence-corrected chi connectivity index (χ4v) is 6.31. The van der Waals surface area contributed by atoms with Gasteiger partial charge in [0, 0.05) is 25.9 Å². The molecule has 0 atom stereocenters. The van der Waals surface area contributed by atoms with Crippen molar-refractivity contribution in [3.63, 3.8) is 0 Å². The first kappa shape index (κ1) is 43.3. The normalized spacial score (nSPS) is 14.9. The summed E-state index contributed by atoms with van der Waals surface area (Å²) in [5, 5.41) is 0. The van der Waals surface area contributed by atoms with Crippen molar-refractivity contribution in [2.24, 2.45) is 0 Å². The smallest absolute Gasteiger partial charge is 0.416 e. The highest BCUT2D eigenvalue weighted by Crippen LogP contribution is 2.34. The Labute approximate surface area is 309 Å². The third kappa shape index (κ3) is 10.4. The summed E-state index contributed by atoms with van der Waals surface area (Å²) in [6.07, 6.45) is -4.25. The van der Waals surface area contributed by atoms with E-state index in [1.54, 1.807) is 0 Å². The van der Waals surface area contributed by atoms with Gasteiger partial charge in [-0.15, -0.1) is 0 Å². The molecule has 0 unspecified atom stereocenters. The average Bonchev–Trinajstić information content (AvgIpc) is 3.37. The molecule has 8 nitrogen and oxygen atoms in total. The number of halogens is 8. The molecule has 278 valence electrons. The number of carbonyl (C=O) groups is 4. The molecule has 50 heavy (non-hydrogen) atoms. The van der Waals surface area contributed by atoms with Crippen LogP contribution in [0.1, 0.15) is 91.1 Å². The second-order valence-electron chi connectivity index (χ2n) is 13.9. The van der Waals surface area contributed by atoms with Gasteiger partial charge in [0.25, 0.3) is 23.6 Å². The highest BCUT2D eigenvalue weighted by atomic mass is 79.9. The highest BCUT2D eigenvalue weighted by molar-refractivity contribution is 6.22. The van der Waals surface area contributed by atoms with Crippen LogP contribution in [0, 0.1) is 0 Å². The van der Waals surface area contributed by atoms with Crippen molar-refractivity contribution in [2.45, 2.75) is 50.9 Å². The van der Waals surface area contributed by atoms with Crippen molar-refractivity contribution >= 4 is 23.6 Å². The van der Waals surface area contributed by atoms with Crippen LogP contribution in [0.25, 0.3) is 0 Å². The fraction of sp³-hybridized carbons (Fsp3) is 0.529. The van der Waals surface area contributed by atoms with Crippen LogP contribution in [-0.2, 0) is 12.4 Å². The van der Waals surface area contributed by atoms with Crippen molar-refractivity contribution in [2.75, 3.05) is 67.5 Å². The summed E-state index contributed by atoms with van der Waals surface area (Å²) in [5.74, 6) is -2.53. The van der Waals surface area contributed by atoms with E-state index in [9.17, 15) is 45.5 Å². The predicted molar refractivity (Wildman–Crippen MR) is 165 cm³/mol. The number of hydrogen-bond donors (Lipinski definition) is 0. The van der Waals surface area contributed by atoms with E-state index in [-0.39, 0.29) is 69.3 Å². The van der Waals surface area contributed by atoms with E-state index in [0.717, 1.165) is 85.0 Å². The van der Waals surface area contributed by atoms with Gasteiger partial charge in [-0.25, -0.2) is 0 Å². The van der Waals surface area contributed by atoms with Gasteiger partial charge in [-0.3, -0.25) is 29.0 Å². The Balaban J connectivity index is 0.00000433. The number of nitrogens with zero attached hydrogens (tertiary/aromatic N) is 4. The van der Waals surface area contributed by atoms with E-state index >= 15 is 0 Å². The second-order valence-corrected chi connectivity index (χ2v) is 13.9. The lowest BCUT2D eigenvalue weighted by atomic mass is 10.1. The minimum absolute atomic E-state index is 0. The van der Waals surface area contributed by atoms with Gasteiger partial charge in [0.15, 0.2) is 0 Å². The summed E-state index contributed by atoms with van der Waals surface area (Å²) in [5.41, 5.74) is -2.34. The Morgan fingerprint density at radius 3 is 1.10 bits per heavy atom. The predicted octanol–water partition coefficient (Wildman–Crippen LogP) is 0.118. The fourth-order valence-electron chi connectivity index (χ4n) is 6.31. The molecule has 0 fully saturated rings. The number of benzene rings is 2. The molecule has 2 aromatic rings. The number of quaternary nitrogens is 2. The first-order chi connectivity index (χ1) is 22.2. The zero-order valence-corrected chi connectivity index (χ0v) is 31.6. The van der Waals surface area contributed by atoms with Crippen molar-refractivity contribution < 1.29 is 88.4 Å². The van der Waals surface area contributed by atoms with Gasteiger partial charge in [-0.05, 0) is 62.1 Å². The lowest BCUT2D eigenvalue weighted by Crippen LogP contribution is -3.00. The van der Waals surface area contributed by atoms with Crippen LogP contribution in [0.2, 0.25) is 0 Å². The molecule has 0 aliphatic carbocycles. The molecule has 0 saturated heterocycles. The van der Waals surface area contributed by atoms with Crippen LogP contribution < -0.4 is 34.0 Å². The van der Waals surface area contributed by atoms with E-state index in [1.807, 2.05) is 0 Å². The minimum Gasteiger partial charge on any atom is -1.00 e. The molecular weight excluding hydrogens is 802 g/mol. The van der Waals surface area contributed by atoms with Crippen LogP contribution >= 0.6 is 0 Å². The molecule has 0 radical (unpaired) electrons. The quantitative estimate of drug-likeness (QED) is 0.111. The zero-order chi connectivity index (χ0) is 35.7. The van der Waals surface area contributed by atoms with Crippen LogP contribution in [0.3, 0.4) is 0 Å². The maximum Gasteiger partial charge on any atom is 0.416 e. The van der Waals surface area contributed by atoms with Gasteiger partial charge in [-0.1, -0.05) is 0 Å². The Hall–Kier alpha value is -2.82. The first-order valence-corrected chi connectivity index (χ1v) is 16.0. The molecule has 0 N–H and O–H groups in total. The van der Waals surface area contributed by atoms with Crippen LogP contribution in [0.4, 0.5) is 26.3 Å². The first-order valence-electron chi connectivity index (χ1n) is 16.0. The molecule has 0 saturated carbocycles. The van der Waals surface area contributed by atoms with Gasteiger partial charge in [0.1, 0.15) is 0 Å². The summed E-state index contributed by atoms with van der Waals surface area (Å²) < 4.78 is 79.7. The van der Waals surface area contributed by atoms with E-state index in [1.165, 1.54) is 0 Å². The average molecular weight is 845 g/mol. The van der Waals surface area contributed by atoms with Crippen LogP contribution in [0.5, 0.6) is 0 Å². The molecule has 4 rings (SSSR count). The number of alkyl halides is 6. The zero-order valence-electron chi connectivity index (χ0n) is 28.4. The molecule has 2 aliphatic heterocycles. The van der Waals surface area contributed by atoms with Gasteiger partial charge in [-0.2, -0.15) is 26.3 Å². The summed E-state index contributed by atoms with van der Waals surface area (Å²) in [6, 6.07) is 5.26. The topological polar surface area (TPSA) is 74.8 Å². The Morgan fingerprint density at radius 1 is 0.480 bits per heavy atom. The third-order valence-corrected chi connectivity index (χ3v) is 9.16. The van der Waals surface area contributed by atoms with Gasteiger partial charge >= 0.3 is 12.4 Å². The molecular formula is C34H42Br2F6N4O4. The number of rotatable bonds is 15. The van der Waals surface area contributed by atoms with Crippen LogP contribution in [0.15, 0.2) is 36.4 Å². The molecule has 0 aromatic heterocycles. The van der Waals surface area contributed by atoms with E-state index in [0.29, 0.717) is 34.9 Å². The van der Waals surface area contributed by atoms with E-state index < -0.39 is 47.1 Å². The summed E-state index contributed by atoms with van der Waals surface area (Å²) in [7, 11) is 8.23. The third-order valence-electron chi connectivity index (χ3n) is 9.16. The number of hydrogen-bond acceptors (Lipinski definition) is 4. The highest BCUT2D eigenvalue weighted by Gasteiger charge is 2.40. The lowest BCUT2D eigenvalue weighted by molar-refractivity contribution is -0.891. The van der Waals surface area contributed by atoms with Crippen molar-refractivity contribution in [3.8, 4) is 0 Å². The molecule has 4 amide bonds. The number of fused-ring (bicyclic) bond motifs is 2. The van der Waals surface area contributed by atoms with Gasteiger partial charge in [0.05, 0.1) is 87.8 Å². The number of unbranched alkanes of at least 4 members (excludes halogenated alkanes) is 3. The largest absolute Gasteiger partial charge is 1.00 e. The van der Waals surface area contributed by atoms with E-state index in [2.05, 4.69) is 28.2 Å². The van der Waals surface area contributed by atoms with Crippen molar-refractivity contribution in [1.82, 2.24) is 9.80 Å². The minimum atomic E-state index is -4.60. The summed E-state index contributed by atoms with van der Waals surface area (Å²) in [4.78, 5) is 52.7. The Morgan fingerprint density at radius 2 is 0.780 bits per heavy atom. The molecule has 2 aliphatic rings. The van der Waals surface area contributed by atoms with Crippen molar-refractivity contribution in [1.29, 1.82) is 0 Å². The molecule has 16 heteroatoms. The van der Waals surface area contributed by atoms with Crippen molar-refractivity contribution in [3.05, 3.63) is 69.8 Å². The lowest BCUT2D eigenvalue weighted by Gasteiger charge is -2.31. The molecule has 0 spiro atoms. The SMILES string of the molecule is C[N+](C)(CCCCCC[N+](C)(C)CCCN1C(=O)c2ccc(C(F)(F)F)cc2C1=O)CCCN1C(=O)c2ccc(C(F)(F)F)cc2C1=O.[Br-].[Br-]. The van der Waals surface area contributed by atoms with E-state index in [4.69, 9.17) is 0 Å². The maximum absolute atomic E-state index is 13.1. The number of amides is 4. The monoisotopic (exact) mass is 842 g/mol. The summed E-state index contributed by atoms with van der Waals surface area (Å²) in [6.45, 7) is 3.38. The standard InChI is InChI=1S/C34H42F6N4O4.2BrH/c1-43(2,19-9-15-41-29(45)25-13-11-23(33(35,36)37)21-27(25)31(41)47)17-7-5-6-8-18-44(3,4)20-10-16-42-30(46)26-14-12-24(34(38,39)40)22-28(26)32(42)48;;/h11-14,21-22H,5-10,15-20H2,1-4H3;2*1H/q+2;;/p-2. The molecule has 0 bridgehead atoms. The molecule has 2 aromatic carbocycles. The molecule has 2 heterocycles. The maximum atomic E-state index is 13.1. The Kier molecular flexibility index (Phi) is 14.5. The number of imide groups is 2. The second kappa shape index (κ2) is 16.7. The Bertz CT molecular complexity index is 1460. The van der Waals surface area contributed by atoms with Gasteiger partial charge < -0.3 is 42.9 Å².